The molecule has 4 heterocycles. The van der Waals surface area contributed by atoms with Gasteiger partial charge in [0.15, 0.2) is 17.0 Å². The maximum Gasteiger partial charge on any atom is 0.165 e. The number of piperidine rings is 1. The normalized spacial score (nSPS) is 17.3. The third-order valence-corrected chi connectivity index (χ3v) is 4.81. The zero-order valence-corrected chi connectivity index (χ0v) is 13.9. The number of aliphatic hydroxyl groups is 2. The number of aromatic nitrogens is 5. The predicted octanol–water partition coefficient (Wildman–Crippen LogP) is 0.822. The summed E-state index contributed by atoms with van der Waals surface area (Å²) >= 11 is 0. The number of hydrogen-bond donors (Lipinski definition) is 2. The summed E-state index contributed by atoms with van der Waals surface area (Å²) < 4.78 is 4.03. The molecule has 1 saturated heterocycles. The molecule has 3 aromatic heterocycles. The van der Waals surface area contributed by atoms with Crippen LogP contribution in [0.15, 0.2) is 37.2 Å². The van der Waals surface area contributed by atoms with Crippen molar-refractivity contribution in [2.45, 2.75) is 31.5 Å². The number of rotatable bonds is 5. The molecule has 0 aliphatic carbocycles. The molecule has 0 aromatic carbocycles. The summed E-state index contributed by atoms with van der Waals surface area (Å²) in [4.78, 5) is 15.5. The largest absolute Gasteiger partial charge is 0.394 e. The lowest BCUT2D eigenvalue weighted by molar-refractivity contribution is 0.0820. The molecule has 2 N–H and O–H groups in total. The van der Waals surface area contributed by atoms with Gasteiger partial charge in [0.05, 0.1) is 25.6 Å². The minimum absolute atomic E-state index is 0.263. The van der Waals surface area contributed by atoms with E-state index in [0.29, 0.717) is 11.7 Å². The van der Waals surface area contributed by atoms with Crippen LogP contribution in [0.5, 0.6) is 0 Å². The summed E-state index contributed by atoms with van der Waals surface area (Å²) in [7, 11) is 0. The Morgan fingerprint density at radius 2 is 1.88 bits per heavy atom. The molecular weight excluding hydrogens is 320 g/mol. The van der Waals surface area contributed by atoms with Crippen molar-refractivity contribution in [2.75, 3.05) is 24.6 Å². The Balaban J connectivity index is 1.54. The fourth-order valence-electron chi connectivity index (χ4n) is 3.49. The number of aliphatic hydroxyl groups excluding tert-OH is 2. The molecular formula is C17H22N6O2. The van der Waals surface area contributed by atoms with Crippen molar-refractivity contribution in [3.63, 3.8) is 0 Å². The van der Waals surface area contributed by atoms with Gasteiger partial charge in [-0.15, -0.1) is 0 Å². The first-order valence-corrected chi connectivity index (χ1v) is 8.58. The molecule has 0 radical (unpaired) electrons. The monoisotopic (exact) mass is 342 g/mol. The first-order chi connectivity index (χ1) is 12.3. The molecule has 8 nitrogen and oxygen atoms in total. The lowest BCUT2D eigenvalue weighted by Gasteiger charge is -2.33. The van der Waals surface area contributed by atoms with E-state index in [1.54, 1.807) is 17.2 Å². The standard InChI is InChI=1S/C17H22N6O2/c24-10-14(25)9-23-12-20-15-16(18-11-19-17(15)23)22-7-3-13(4-8-22)21-5-1-2-6-21/h1-2,5-6,11-14,24-25H,3-4,7-10H2. The van der Waals surface area contributed by atoms with Gasteiger partial charge < -0.3 is 24.2 Å². The van der Waals surface area contributed by atoms with Gasteiger partial charge in [-0.1, -0.05) is 0 Å². The molecule has 0 bridgehead atoms. The Bertz CT molecular complexity index is 823. The first-order valence-electron chi connectivity index (χ1n) is 8.58. The van der Waals surface area contributed by atoms with Gasteiger partial charge in [0.1, 0.15) is 6.33 Å². The number of anilines is 1. The van der Waals surface area contributed by atoms with Crippen LogP contribution in [0.25, 0.3) is 11.2 Å². The second-order valence-corrected chi connectivity index (χ2v) is 6.45. The Morgan fingerprint density at radius 3 is 2.60 bits per heavy atom. The van der Waals surface area contributed by atoms with Crippen molar-refractivity contribution in [2.24, 2.45) is 0 Å². The topological polar surface area (TPSA) is 92.2 Å². The highest BCUT2D eigenvalue weighted by Gasteiger charge is 2.23. The zero-order chi connectivity index (χ0) is 17.2. The molecule has 132 valence electrons. The fraction of sp³-hybridized carbons (Fsp3) is 0.471. The summed E-state index contributed by atoms with van der Waals surface area (Å²) in [5, 5.41) is 18.7. The lowest BCUT2D eigenvalue weighted by Crippen LogP contribution is -2.35. The Morgan fingerprint density at radius 1 is 1.12 bits per heavy atom. The highest BCUT2D eigenvalue weighted by molar-refractivity contribution is 5.83. The minimum Gasteiger partial charge on any atom is -0.394 e. The van der Waals surface area contributed by atoms with Crippen molar-refractivity contribution >= 4 is 17.0 Å². The van der Waals surface area contributed by atoms with Crippen molar-refractivity contribution in [3.8, 4) is 0 Å². The summed E-state index contributed by atoms with van der Waals surface area (Å²) in [6.45, 7) is 1.81. The molecule has 1 fully saturated rings. The maximum atomic E-state index is 9.67. The van der Waals surface area contributed by atoms with Crippen LogP contribution in [0.3, 0.4) is 0 Å². The van der Waals surface area contributed by atoms with E-state index < -0.39 is 6.10 Å². The van der Waals surface area contributed by atoms with Gasteiger partial charge in [-0.05, 0) is 25.0 Å². The fourth-order valence-corrected chi connectivity index (χ4v) is 3.49. The highest BCUT2D eigenvalue weighted by atomic mass is 16.3. The van der Waals surface area contributed by atoms with E-state index in [4.69, 9.17) is 5.11 Å². The Kier molecular flexibility index (Phi) is 4.37. The number of hydrogen-bond acceptors (Lipinski definition) is 6. The van der Waals surface area contributed by atoms with Crippen LogP contribution in [-0.2, 0) is 6.54 Å². The molecule has 25 heavy (non-hydrogen) atoms. The second kappa shape index (κ2) is 6.81. The summed E-state index contributed by atoms with van der Waals surface area (Å²) in [5.41, 5.74) is 1.43. The van der Waals surface area contributed by atoms with Crippen LogP contribution in [0, 0.1) is 0 Å². The first kappa shape index (κ1) is 16.0. The number of nitrogens with zero attached hydrogens (tertiary/aromatic N) is 6. The molecule has 1 aliphatic heterocycles. The third-order valence-electron chi connectivity index (χ3n) is 4.81. The minimum atomic E-state index is -0.826. The average Bonchev–Trinajstić information content (AvgIpc) is 3.32. The Hall–Kier alpha value is -2.45. The molecule has 3 aromatic rings. The average molecular weight is 342 g/mol. The van der Waals surface area contributed by atoms with Crippen molar-refractivity contribution in [1.82, 2.24) is 24.1 Å². The lowest BCUT2D eigenvalue weighted by atomic mass is 10.0. The molecule has 0 amide bonds. The van der Waals surface area contributed by atoms with Crippen LogP contribution in [-0.4, -0.2) is 60.1 Å². The highest BCUT2D eigenvalue weighted by Crippen LogP contribution is 2.28. The van der Waals surface area contributed by atoms with E-state index in [1.165, 1.54) is 0 Å². The van der Waals surface area contributed by atoms with E-state index in [-0.39, 0.29) is 13.2 Å². The van der Waals surface area contributed by atoms with E-state index in [9.17, 15) is 5.11 Å². The Labute approximate surface area is 145 Å². The molecule has 1 atom stereocenters. The van der Waals surface area contributed by atoms with Crippen LogP contribution >= 0.6 is 0 Å². The quantitative estimate of drug-likeness (QED) is 0.713. The van der Waals surface area contributed by atoms with Crippen LogP contribution in [0.2, 0.25) is 0 Å². The summed E-state index contributed by atoms with van der Waals surface area (Å²) in [6.07, 6.45) is 8.73. The smallest absolute Gasteiger partial charge is 0.165 e. The second-order valence-electron chi connectivity index (χ2n) is 6.45. The number of fused-ring (bicyclic) bond motifs is 1. The molecule has 1 aliphatic rings. The van der Waals surface area contributed by atoms with Gasteiger partial charge in [0, 0.05) is 31.5 Å². The van der Waals surface area contributed by atoms with Gasteiger partial charge >= 0.3 is 0 Å². The van der Waals surface area contributed by atoms with Gasteiger partial charge in [0.2, 0.25) is 0 Å². The van der Waals surface area contributed by atoms with Gasteiger partial charge in [-0.3, -0.25) is 0 Å². The van der Waals surface area contributed by atoms with Crippen LogP contribution < -0.4 is 4.90 Å². The van der Waals surface area contributed by atoms with Crippen LogP contribution in [0.4, 0.5) is 5.82 Å². The van der Waals surface area contributed by atoms with Crippen molar-refractivity contribution in [3.05, 3.63) is 37.2 Å². The molecule has 1 unspecified atom stereocenters. The summed E-state index contributed by atoms with van der Waals surface area (Å²) in [5.74, 6) is 0.841. The summed E-state index contributed by atoms with van der Waals surface area (Å²) in [6, 6.07) is 4.66. The number of imidazole rings is 1. The van der Waals surface area contributed by atoms with Gasteiger partial charge in [0.25, 0.3) is 0 Å². The SMILES string of the molecule is OCC(O)Cn1cnc2c(N3CCC(n4cccc4)CC3)ncnc21. The molecule has 8 heteroatoms. The van der Waals surface area contributed by atoms with E-state index >= 15 is 0 Å². The van der Waals surface area contributed by atoms with Crippen LogP contribution in [0.1, 0.15) is 18.9 Å². The molecule has 0 saturated carbocycles. The van der Waals surface area contributed by atoms with Crippen molar-refractivity contribution < 1.29 is 10.2 Å². The van der Waals surface area contributed by atoms with E-state index in [1.807, 2.05) is 0 Å². The molecule has 0 spiro atoms. The van der Waals surface area contributed by atoms with E-state index in [0.717, 1.165) is 37.3 Å². The predicted molar refractivity (Wildman–Crippen MR) is 93.3 cm³/mol. The van der Waals surface area contributed by atoms with E-state index in [2.05, 4.69) is 48.9 Å². The zero-order valence-electron chi connectivity index (χ0n) is 13.9. The van der Waals surface area contributed by atoms with Gasteiger partial charge in [-0.25, -0.2) is 15.0 Å². The van der Waals surface area contributed by atoms with Crippen molar-refractivity contribution in [1.29, 1.82) is 0 Å². The molecule has 4 rings (SSSR count). The third kappa shape index (κ3) is 3.10. The maximum absolute atomic E-state index is 9.67. The van der Waals surface area contributed by atoms with Gasteiger partial charge in [-0.2, -0.15) is 0 Å².